The Morgan fingerprint density at radius 3 is 2.63 bits per heavy atom. The fourth-order valence-electron chi connectivity index (χ4n) is 4.94. The van der Waals surface area contributed by atoms with Crippen LogP contribution in [0.1, 0.15) is 23.2 Å². The van der Waals surface area contributed by atoms with Gasteiger partial charge in [-0.1, -0.05) is 30.4 Å². The van der Waals surface area contributed by atoms with Crippen molar-refractivity contribution >= 4 is 32.5 Å². The third-order valence-corrected chi connectivity index (χ3v) is 8.37. The number of carbonyl (C=O) groups excluding carboxylic acids is 1. The van der Waals surface area contributed by atoms with Gasteiger partial charge in [-0.25, -0.2) is 8.42 Å². The van der Waals surface area contributed by atoms with Crippen molar-refractivity contribution in [3.05, 3.63) is 90.2 Å². The number of para-hydroxylation sites is 1. The van der Waals surface area contributed by atoms with Crippen LogP contribution in [0.15, 0.2) is 89.5 Å². The van der Waals surface area contributed by atoms with E-state index in [1.807, 2.05) is 29.2 Å². The first-order chi connectivity index (χ1) is 18.4. The Labute approximate surface area is 222 Å². The van der Waals surface area contributed by atoms with Crippen molar-refractivity contribution in [1.29, 1.82) is 5.26 Å². The minimum Gasteiger partial charge on any atom is -0.337 e. The second-order valence-corrected chi connectivity index (χ2v) is 11.2. The average Bonchev–Trinajstić information content (AvgIpc) is 3.18. The zero-order valence-corrected chi connectivity index (χ0v) is 21.8. The number of sulfonamides is 1. The quantitative estimate of drug-likeness (QED) is 0.515. The maximum absolute atomic E-state index is 13.2. The first-order valence-electron chi connectivity index (χ1n) is 12.7. The van der Waals surface area contributed by atoms with E-state index in [4.69, 9.17) is 5.26 Å². The van der Waals surface area contributed by atoms with E-state index in [9.17, 15) is 13.2 Å². The molecule has 2 aliphatic rings. The lowest BCUT2D eigenvalue weighted by Crippen LogP contribution is -2.36. The maximum atomic E-state index is 13.2. The summed E-state index contributed by atoms with van der Waals surface area (Å²) >= 11 is 0. The van der Waals surface area contributed by atoms with Crippen LogP contribution in [0.5, 0.6) is 0 Å². The lowest BCUT2D eigenvalue weighted by molar-refractivity contribution is 0.0761. The molecule has 1 aliphatic heterocycles. The van der Waals surface area contributed by atoms with Crippen LogP contribution in [-0.2, 0) is 10.0 Å². The number of allylic oxidation sites excluding steroid dienone is 3. The number of pyridine rings is 1. The van der Waals surface area contributed by atoms with Gasteiger partial charge < -0.3 is 9.80 Å². The summed E-state index contributed by atoms with van der Waals surface area (Å²) in [6.45, 7) is 3.94. The molecule has 1 unspecified atom stereocenters. The Bertz CT molecular complexity index is 1540. The van der Waals surface area contributed by atoms with Crippen LogP contribution in [0.2, 0.25) is 0 Å². The highest BCUT2D eigenvalue weighted by Crippen LogP contribution is 2.24. The lowest BCUT2D eigenvalue weighted by atomic mass is 9.96. The van der Waals surface area contributed by atoms with Crippen LogP contribution in [0.4, 0.5) is 5.69 Å². The normalized spacial score (nSPS) is 18.4. The molecule has 194 valence electrons. The van der Waals surface area contributed by atoms with E-state index < -0.39 is 10.0 Å². The van der Waals surface area contributed by atoms with E-state index in [-0.39, 0.29) is 10.8 Å². The second-order valence-electron chi connectivity index (χ2n) is 9.59. The summed E-state index contributed by atoms with van der Waals surface area (Å²) in [6, 6.07) is 17.4. The molecule has 1 aromatic heterocycles. The zero-order chi connectivity index (χ0) is 26.5. The van der Waals surface area contributed by atoms with Gasteiger partial charge in [0.2, 0.25) is 0 Å². The lowest BCUT2D eigenvalue weighted by Gasteiger charge is -2.25. The van der Waals surface area contributed by atoms with Gasteiger partial charge in [0, 0.05) is 54.6 Å². The number of rotatable bonds is 6. The number of amides is 1. The Kier molecular flexibility index (Phi) is 7.54. The van der Waals surface area contributed by atoms with Crippen LogP contribution in [-0.4, -0.2) is 61.8 Å². The van der Waals surface area contributed by atoms with E-state index in [1.54, 1.807) is 42.6 Å². The van der Waals surface area contributed by atoms with Gasteiger partial charge in [0.25, 0.3) is 15.9 Å². The highest BCUT2D eigenvalue weighted by Gasteiger charge is 2.23. The molecule has 1 amide bonds. The number of nitrogens with zero attached hydrogens (tertiary/aromatic N) is 4. The average molecular weight is 528 g/mol. The number of fused-ring (bicyclic) bond motifs is 1. The molecule has 0 saturated carbocycles. The molecule has 38 heavy (non-hydrogen) atoms. The predicted molar refractivity (Wildman–Crippen MR) is 147 cm³/mol. The molecule has 3 aromatic rings. The van der Waals surface area contributed by atoms with Gasteiger partial charge in [-0.15, -0.1) is 0 Å². The largest absolute Gasteiger partial charge is 0.337 e. The van der Waals surface area contributed by atoms with Crippen LogP contribution in [0.3, 0.4) is 0 Å². The number of hydrogen-bond acceptors (Lipinski definition) is 6. The molecule has 0 radical (unpaired) electrons. The summed E-state index contributed by atoms with van der Waals surface area (Å²) in [7, 11) is -3.86. The van der Waals surface area contributed by atoms with Crippen LogP contribution in [0.25, 0.3) is 10.9 Å². The Balaban J connectivity index is 1.20. The van der Waals surface area contributed by atoms with Crippen molar-refractivity contribution in [1.82, 2.24) is 14.8 Å². The van der Waals surface area contributed by atoms with E-state index in [1.165, 1.54) is 6.07 Å². The van der Waals surface area contributed by atoms with Gasteiger partial charge in [0.05, 0.1) is 11.6 Å². The van der Waals surface area contributed by atoms with Gasteiger partial charge >= 0.3 is 0 Å². The monoisotopic (exact) mass is 527 g/mol. The van der Waals surface area contributed by atoms with Gasteiger partial charge in [0.15, 0.2) is 0 Å². The fourth-order valence-corrected chi connectivity index (χ4v) is 6.18. The smallest absolute Gasteiger partial charge is 0.264 e. The molecule has 1 fully saturated rings. The topological polar surface area (TPSA) is 106 Å². The molecule has 0 spiro atoms. The molecular formula is C29H29N5O3S. The van der Waals surface area contributed by atoms with Crippen LogP contribution >= 0.6 is 0 Å². The summed E-state index contributed by atoms with van der Waals surface area (Å²) in [5.74, 6) is 0.328. The van der Waals surface area contributed by atoms with Crippen molar-refractivity contribution in [2.75, 3.05) is 37.4 Å². The predicted octanol–water partition coefficient (Wildman–Crippen LogP) is 4.21. The standard InChI is InChI=1S/C29H29N5O3S/c30-20-22-7-9-23(10-8-22)21-33-16-3-17-34(19-18-33)29(35)25-11-13-26(14-12-25)32-38(36,37)27-6-1-4-24-5-2-15-31-28(24)27/h1-2,4-9,11-15,23,32H,3,10,16-19,21H2. The molecule has 0 bridgehead atoms. The van der Waals surface area contributed by atoms with E-state index in [2.05, 4.69) is 26.8 Å². The number of nitrogens with one attached hydrogen (secondary N) is 1. The van der Waals surface area contributed by atoms with Crippen molar-refractivity contribution in [2.24, 2.45) is 5.92 Å². The van der Waals surface area contributed by atoms with Crippen LogP contribution < -0.4 is 4.72 Å². The first kappa shape index (κ1) is 25.6. The number of aromatic nitrogens is 1. The molecule has 1 N–H and O–H groups in total. The summed E-state index contributed by atoms with van der Waals surface area (Å²) in [4.78, 5) is 21.8. The molecule has 2 heterocycles. The highest BCUT2D eigenvalue weighted by atomic mass is 32.2. The molecule has 8 nitrogen and oxygen atoms in total. The minimum atomic E-state index is -3.86. The molecule has 2 aromatic carbocycles. The Morgan fingerprint density at radius 1 is 1.05 bits per heavy atom. The van der Waals surface area contributed by atoms with Gasteiger partial charge in [0.1, 0.15) is 4.90 Å². The fraction of sp³-hybridized carbons (Fsp3) is 0.276. The summed E-state index contributed by atoms with van der Waals surface area (Å²) in [5.41, 5.74) is 2.04. The number of nitriles is 1. The van der Waals surface area contributed by atoms with E-state index in [0.29, 0.717) is 35.8 Å². The van der Waals surface area contributed by atoms with Crippen molar-refractivity contribution < 1.29 is 13.2 Å². The molecular weight excluding hydrogens is 498 g/mol. The Hall–Kier alpha value is -4.00. The van der Waals surface area contributed by atoms with Crippen molar-refractivity contribution in [3.63, 3.8) is 0 Å². The van der Waals surface area contributed by atoms with Gasteiger partial charge in [-0.2, -0.15) is 5.26 Å². The summed E-state index contributed by atoms with van der Waals surface area (Å²) in [5, 5.41) is 9.75. The third-order valence-electron chi connectivity index (χ3n) is 6.96. The van der Waals surface area contributed by atoms with Gasteiger partial charge in [-0.3, -0.25) is 14.5 Å². The zero-order valence-electron chi connectivity index (χ0n) is 21.0. The first-order valence-corrected chi connectivity index (χ1v) is 14.2. The Morgan fingerprint density at radius 2 is 1.87 bits per heavy atom. The van der Waals surface area contributed by atoms with E-state index in [0.717, 1.165) is 43.4 Å². The van der Waals surface area contributed by atoms with Crippen molar-refractivity contribution in [2.45, 2.75) is 17.7 Å². The number of benzene rings is 2. The maximum Gasteiger partial charge on any atom is 0.264 e. The SMILES string of the molecule is N#CC1=CCC(CN2CCCN(C(=O)c3ccc(NS(=O)(=O)c4cccc5cccnc45)cc3)CC2)C=C1. The molecule has 1 saturated heterocycles. The summed E-state index contributed by atoms with van der Waals surface area (Å²) in [6.07, 6.45) is 9.31. The van der Waals surface area contributed by atoms with E-state index >= 15 is 0 Å². The molecule has 9 heteroatoms. The van der Waals surface area contributed by atoms with Crippen LogP contribution in [0, 0.1) is 17.2 Å². The third kappa shape index (κ3) is 5.77. The molecule has 1 atom stereocenters. The number of hydrogen-bond donors (Lipinski definition) is 1. The highest BCUT2D eigenvalue weighted by molar-refractivity contribution is 7.93. The second kappa shape index (κ2) is 11.2. The number of carbonyl (C=O) groups is 1. The van der Waals surface area contributed by atoms with Gasteiger partial charge in [-0.05, 0) is 67.8 Å². The summed E-state index contributed by atoms with van der Waals surface area (Å²) < 4.78 is 28.8. The molecule has 1 aliphatic carbocycles. The van der Waals surface area contributed by atoms with Crippen molar-refractivity contribution in [3.8, 4) is 6.07 Å². The minimum absolute atomic E-state index is 0.0568. The molecule has 5 rings (SSSR count). The number of anilines is 1.